The van der Waals surface area contributed by atoms with Gasteiger partial charge in [0.1, 0.15) is 0 Å². The number of carbonyl (C=O) groups excluding carboxylic acids is 1. The van der Waals surface area contributed by atoms with Gasteiger partial charge >= 0.3 is 0 Å². The second kappa shape index (κ2) is 4.58. The zero-order valence-corrected chi connectivity index (χ0v) is 12.7. The van der Waals surface area contributed by atoms with E-state index in [1.807, 2.05) is 19.1 Å². The first-order valence-electron chi connectivity index (χ1n) is 6.16. The fourth-order valence-electron chi connectivity index (χ4n) is 2.22. The van der Waals surface area contributed by atoms with Crippen molar-refractivity contribution in [3.8, 4) is 0 Å². The van der Waals surface area contributed by atoms with Crippen LogP contribution in [0.4, 0.5) is 0 Å². The third-order valence-corrected chi connectivity index (χ3v) is 5.54. The molecule has 2 heterocycles. The highest BCUT2D eigenvalue weighted by atomic mass is 32.1. The molecule has 0 aliphatic heterocycles. The Kier molecular flexibility index (Phi) is 3.03. The summed E-state index contributed by atoms with van der Waals surface area (Å²) in [6.07, 6.45) is 0. The summed E-state index contributed by atoms with van der Waals surface area (Å²) in [6.45, 7) is 6.14. The molecule has 19 heavy (non-hydrogen) atoms. The van der Waals surface area contributed by atoms with Gasteiger partial charge in [0.25, 0.3) is 0 Å². The van der Waals surface area contributed by atoms with Crippen LogP contribution in [-0.4, -0.2) is 5.78 Å². The molecule has 1 aromatic carbocycles. The van der Waals surface area contributed by atoms with Gasteiger partial charge < -0.3 is 0 Å². The molecule has 0 aliphatic rings. The molecular formula is C16H14OS2. The van der Waals surface area contributed by atoms with E-state index in [9.17, 15) is 4.79 Å². The maximum Gasteiger partial charge on any atom is 0.203 e. The van der Waals surface area contributed by atoms with E-state index >= 15 is 0 Å². The highest BCUT2D eigenvalue weighted by molar-refractivity contribution is 7.28. The molecule has 3 heteroatoms. The Labute approximate surface area is 120 Å². The topological polar surface area (TPSA) is 17.1 Å². The standard InChI is InChI=1S/C16H14OS2/c1-9-6-11(3)12(7-10(9)2)16(17)15-8-14-13(19-15)4-5-18-14/h4-8H,1-3H3. The van der Waals surface area contributed by atoms with Gasteiger partial charge in [0, 0.05) is 15.0 Å². The molecule has 3 rings (SSSR count). The Bertz CT molecular complexity index is 749. The van der Waals surface area contributed by atoms with Gasteiger partial charge in [0.15, 0.2) is 0 Å². The fraction of sp³-hybridized carbons (Fsp3) is 0.188. The summed E-state index contributed by atoms with van der Waals surface area (Å²) in [5.41, 5.74) is 4.30. The van der Waals surface area contributed by atoms with Crippen molar-refractivity contribution in [1.29, 1.82) is 0 Å². The van der Waals surface area contributed by atoms with E-state index in [4.69, 9.17) is 0 Å². The van der Waals surface area contributed by atoms with E-state index in [1.165, 1.54) is 20.5 Å². The normalized spacial score (nSPS) is 11.1. The third kappa shape index (κ3) is 2.13. The van der Waals surface area contributed by atoms with Gasteiger partial charge in [0.05, 0.1) is 4.88 Å². The summed E-state index contributed by atoms with van der Waals surface area (Å²) >= 11 is 3.28. The number of carbonyl (C=O) groups is 1. The first-order chi connectivity index (χ1) is 9.06. The van der Waals surface area contributed by atoms with Crippen molar-refractivity contribution < 1.29 is 4.79 Å². The van der Waals surface area contributed by atoms with Crippen LogP contribution in [-0.2, 0) is 0 Å². The molecule has 3 aromatic rings. The van der Waals surface area contributed by atoms with Crippen LogP contribution >= 0.6 is 22.7 Å². The van der Waals surface area contributed by atoms with Crippen LogP contribution in [0.2, 0.25) is 0 Å². The lowest BCUT2D eigenvalue weighted by molar-refractivity contribution is 0.104. The molecule has 1 nitrogen and oxygen atoms in total. The summed E-state index contributed by atoms with van der Waals surface area (Å²) in [5.74, 6) is 0.147. The number of ketones is 1. The number of hydrogen-bond donors (Lipinski definition) is 0. The van der Waals surface area contributed by atoms with E-state index in [0.717, 1.165) is 16.0 Å². The molecule has 0 aliphatic carbocycles. The predicted molar refractivity (Wildman–Crippen MR) is 83.8 cm³/mol. The third-order valence-electron chi connectivity index (χ3n) is 3.45. The Morgan fingerprint density at radius 2 is 1.68 bits per heavy atom. The lowest BCUT2D eigenvalue weighted by atomic mass is 9.97. The molecule has 0 N–H and O–H groups in total. The second-order valence-corrected chi connectivity index (χ2v) is 6.87. The molecule has 0 radical (unpaired) electrons. The molecule has 0 spiro atoms. The maximum atomic E-state index is 12.6. The highest BCUT2D eigenvalue weighted by Gasteiger charge is 2.16. The Balaban J connectivity index is 2.09. The van der Waals surface area contributed by atoms with Gasteiger partial charge in [-0.3, -0.25) is 4.79 Å². The van der Waals surface area contributed by atoms with E-state index < -0.39 is 0 Å². The molecular weight excluding hydrogens is 272 g/mol. The maximum absolute atomic E-state index is 12.6. The minimum Gasteiger partial charge on any atom is -0.288 e. The lowest BCUT2D eigenvalue weighted by Gasteiger charge is -2.07. The first kappa shape index (κ1) is 12.6. The summed E-state index contributed by atoms with van der Waals surface area (Å²) < 4.78 is 2.41. The molecule has 96 valence electrons. The van der Waals surface area contributed by atoms with Gasteiger partial charge in [-0.25, -0.2) is 0 Å². The average Bonchev–Trinajstić information content (AvgIpc) is 2.93. The van der Waals surface area contributed by atoms with Crippen LogP contribution in [0.3, 0.4) is 0 Å². The summed E-state index contributed by atoms with van der Waals surface area (Å²) in [7, 11) is 0. The van der Waals surface area contributed by atoms with Crippen LogP contribution in [0.25, 0.3) is 9.40 Å². The van der Waals surface area contributed by atoms with Crippen molar-refractivity contribution in [1.82, 2.24) is 0 Å². The molecule has 0 saturated carbocycles. The Morgan fingerprint density at radius 3 is 2.42 bits per heavy atom. The number of hydrogen-bond acceptors (Lipinski definition) is 3. The van der Waals surface area contributed by atoms with E-state index in [0.29, 0.717) is 0 Å². The zero-order chi connectivity index (χ0) is 13.6. The number of thiophene rings is 2. The van der Waals surface area contributed by atoms with Gasteiger partial charge in [-0.05, 0) is 61.0 Å². The van der Waals surface area contributed by atoms with Crippen LogP contribution in [0, 0.1) is 20.8 Å². The molecule has 0 bridgehead atoms. The number of rotatable bonds is 2. The van der Waals surface area contributed by atoms with Crippen molar-refractivity contribution in [2.24, 2.45) is 0 Å². The van der Waals surface area contributed by atoms with Crippen LogP contribution in [0.15, 0.2) is 29.6 Å². The monoisotopic (exact) mass is 286 g/mol. The predicted octanol–water partition coefficient (Wildman–Crippen LogP) is 5.12. The summed E-state index contributed by atoms with van der Waals surface area (Å²) in [5, 5.41) is 2.07. The van der Waals surface area contributed by atoms with Crippen LogP contribution < -0.4 is 0 Å². The van der Waals surface area contributed by atoms with E-state index in [-0.39, 0.29) is 5.78 Å². The van der Waals surface area contributed by atoms with Gasteiger partial charge in [-0.15, -0.1) is 22.7 Å². The Hall–Kier alpha value is -1.45. The van der Waals surface area contributed by atoms with Crippen molar-refractivity contribution >= 4 is 37.9 Å². The SMILES string of the molecule is Cc1cc(C)c(C(=O)c2cc3sccc3s2)cc1C. The van der Waals surface area contributed by atoms with Gasteiger partial charge in [-0.2, -0.15) is 0 Å². The van der Waals surface area contributed by atoms with Gasteiger partial charge in [0.2, 0.25) is 5.78 Å². The zero-order valence-electron chi connectivity index (χ0n) is 11.1. The summed E-state index contributed by atoms with van der Waals surface area (Å²) in [6, 6.07) is 8.20. The molecule has 0 fully saturated rings. The van der Waals surface area contributed by atoms with Crippen molar-refractivity contribution in [3.05, 3.63) is 56.8 Å². The fourth-order valence-corrected chi connectivity index (χ4v) is 4.28. The van der Waals surface area contributed by atoms with E-state index in [1.54, 1.807) is 22.7 Å². The minimum absolute atomic E-state index is 0.147. The van der Waals surface area contributed by atoms with Crippen LogP contribution in [0.1, 0.15) is 31.9 Å². The Morgan fingerprint density at radius 1 is 0.947 bits per heavy atom. The molecule has 0 amide bonds. The van der Waals surface area contributed by atoms with Crippen molar-refractivity contribution in [2.45, 2.75) is 20.8 Å². The molecule has 2 aromatic heterocycles. The molecule has 0 atom stereocenters. The molecule has 0 saturated heterocycles. The number of aryl methyl sites for hydroxylation is 3. The smallest absolute Gasteiger partial charge is 0.203 e. The average molecular weight is 286 g/mol. The minimum atomic E-state index is 0.147. The first-order valence-corrected chi connectivity index (χ1v) is 7.85. The quantitative estimate of drug-likeness (QED) is 0.598. The number of fused-ring (bicyclic) bond motifs is 1. The lowest BCUT2D eigenvalue weighted by Crippen LogP contribution is -2.03. The van der Waals surface area contributed by atoms with Crippen molar-refractivity contribution in [3.63, 3.8) is 0 Å². The second-order valence-electron chi connectivity index (χ2n) is 4.84. The highest BCUT2D eigenvalue weighted by Crippen LogP contribution is 2.32. The van der Waals surface area contributed by atoms with E-state index in [2.05, 4.69) is 31.4 Å². The summed E-state index contributed by atoms with van der Waals surface area (Å²) in [4.78, 5) is 13.5. The molecule has 0 unspecified atom stereocenters. The van der Waals surface area contributed by atoms with Crippen molar-refractivity contribution in [2.75, 3.05) is 0 Å². The van der Waals surface area contributed by atoms with Crippen LogP contribution in [0.5, 0.6) is 0 Å². The van der Waals surface area contributed by atoms with Gasteiger partial charge in [-0.1, -0.05) is 6.07 Å². The largest absolute Gasteiger partial charge is 0.288 e. The number of benzene rings is 1.